The molecule has 0 radical (unpaired) electrons. The van der Waals surface area contributed by atoms with Crippen LogP contribution in [0.4, 0.5) is 0 Å². The summed E-state index contributed by atoms with van der Waals surface area (Å²) in [5.74, 6) is 0.700. The van der Waals surface area contributed by atoms with Crippen LogP contribution in [0.5, 0.6) is 0 Å². The third-order valence-electron chi connectivity index (χ3n) is 9.21. The van der Waals surface area contributed by atoms with E-state index in [9.17, 15) is 0 Å². The summed E-state index contributed by atoms with van der Waals surface area (Å²) in [7, 11) is 0. The van der Waals surface area contributed by atoms with Gasteiger partial charge in [-0.05, 0) is 58.7 Å². The predicted molar refractivity (Wildman–Crippen MR) is 204 cm³/mol. The van der Waals surface area contributed by atoms with Gasteiger partial charge in [0, 0.05) is 33.2 Å². The number of hydrogen-bond donors (Lipinski definition) is 0. The van der Waals surface area contributed by atoms with E-state index in [0.29, 0.717) is 5.82 Å². The van der Waals surface area contributed by atoms with E-state index in [-0.39, 0.29) is 0 Å². The first-order valence-electron chi connectivity index (χ1n) is 16.6. The maximum atomic E-state index is 5.13. The maximum absolute atomic E-state index is 5.13. The van der Waals surface area contributed by atoms with E-state index in [0.717, 1.165) is 39.3 Å². The van der Waals surface area contributed by atoms with Crippen LogP contribution >= 0.6 is 0 Å². The van der Waals surface area contributed by atoms with Crippen molar-refractivity contribution in [3.8, 4) is 61.8 Å². The molecule has 0 aliphatic carbocycles. The zero-order chi connectivity index (χ0) is 32.6. The van der Waals surface area contributed by atoms with Gasteiger partial charge in [0.2, 0.25) is 0 Å². The first kappa shape index (κ1) is 28.6. The minimum atomic E-state index is 0.700. The molecule has 0 amide bonds. The van der Waals surface area contributed by atoms with Crippen LogP contribution in [0.1, 0.15) is 0 Å². The fourth-order valence-electron chi connectivity index (χ4n) is 6.98. The number of rotatable bonds is 6. The quantitative estimate of drug-likeness (QED) is 0.184. The lowest BCUT2D eigenvalue weighted by atomic mass is 9.94. The lowest BCUT2D eigenvalue weighted by molar-refractivity contribution is 1.18. The monoisotopic (exact) mass is 625 g/mol. The van der Waals surface area contributed by atoms with Crippen LogP contribution < -0.4 is 0 Å². The van der Waals surface area contributed by atoms with Gasteiger partial charge in [-0.1, -0.05) is 152 Å². The Bertz CT molecular complexity index is 2510. The molecule has 9 aromatic rings. The lowest BCUT2D eigenvalue weighted by Gasteiger charge is -2.12. The Morgan fingerprint density at radius 2 is 0.755 bits per heavy atom. The Balaban J connectivity index is 1.29. The largest absolute Gasteiger partial charge is 0.309 e. The van der Waals surface area contributed by atoms with Crippen molar-refractivity contribution < 1.29 is 0 Å². The van der Waals surface area contributed by atoms with Crippen molar-refractivity contribution in [3.63, 3.8) is 0 Å². The van der Waals surface area contributed by atoms with Crippen molar-refractivity contribution in [3.05, 3.63) is 188 Å². The lowest BCUT2D eigenvalue weighted by Crippen LogP contribution is -1.96. The van der Waals surface area contributed by atoms with Gasteiger partial charge in [-0.25, -0.2) is 9.97 Å². The molecule has 0 aliphatic heterocycles. The summed E-state index contributed by atoms with van der Waals surface area (Å²) in [5, 5.41) is 2.46. The van der Waals surface area contributed by atoms with E-state index in [2.05, 4.69) is 180 Å². The van der Waals surface area contributed by atoms with Crippen molar-refractivity contribution in [2.75, 3.05) is 0 Å². The van der Waals surface area contributed by atoms with Crippen LogP contribution in [0.2, 0.25) is 0 Å². The zero-order valence-corrected chi connectivity index (χ0v) is 26.7. The van der Waals surface area contributed by atoms with E-state index < -0.39 is 0 Å². The molecule has 230 valence electrons. The first-order valence-corrected chi connectivity index (χ1v) is 16.6. The summed E-state index contributed by atoms with van der Waals surface area (Å²) >= 11 is 0. The number of para-hydroxylation sites is 1. The zero-order valence-electron chi connectivity index (χ0n) is 26.7. The van der Waals surface area contributed by atoms with Crippen molar-refractivity contribution in [1.82, 2.24) is 14.5 Å². The van der Waals surface area contributed by atoms with E-state index in [1.807, 2.05) is 12.1 Å². The molecule has 0 saturated carbocycles. The van der Waals surface area contributed by atoms with Crippen LogP contribution in [-0.4, -0.2) is 14.5 Å². The summed E-state index contributed by atoms with van der Waals surface area (Å²) in [6, 6.07) is 66.1. The smallest absolute Gasteiger partial charge is 0.160 e. The molecule has 0 atom stereocenters. The topological polar surface area (TPSA) is 30.7 Å². The Hall–Kier alpha value is -6.58. The minimum absolute atomic E-state index is 0.700. The summed E-state index contributed by atoms with van der Waals surface area (Å²) in [5.41, 5.74) is 13.1. The summed E-state index contributed by atoms with van der Waals surface area (Å²) in [4.78, 5) is 10.3. The van der Waals surface area contributed by atoms with Crippen LogP contribution in [0.25, 0.3) is 83.6 Å². The van der Waals surface area contributed by atoms with Crippen molar-refractivity contribution >= 4 is 21.8 Å². The summed E-state index contributed by atoms with van der Waals surface area (Å²) < 4.78 is 2.39. The van der Waals surface area contributed by atoms with Gasteiger partial charge in [-0.15, -0.1) is 0 Å². The standard InChI is InChI=1S/C46H31N3/c1-5-16-32(17-6-1)38-26-14-28-42-44(38)45-39(27-15-29-43(45)49(42)37-24-11-4-12-25-37)35-22-13-23-36(30-35)46-47-40(33-18-7-2-8-19-33)31-41(48-46)34-20-9-3-10-21-34/h1-31H. The molecule has 0 bridgehead atoms. The SMILES string of the molecule is c1ccc(-c2cc(-c3ccccc3)nc(-c3cccc(-c4cccc5c4c4c(-c6ccccc6)cccc4n5-c4ccccc4)c3)n2)cc1. The van der Waals surface area contributed by atoms with E-state index in [1.165, 1.54) is 38.5 Å². The average molecular weight is 626 g/mol. The van der Waals surface area contributed by atoms with Gasteiger partial charge in [-0.2, -0.15) is 0 Å². The highest BCUT2D eigenvalue weighted by atomic mass is 15.0. The molecular weight excluding hydrogens is 595 g/mol. The molecule has 9 rings (SSSR count). The molecule has 49 heavy (non-hydrogen) atoms. The normalized spacial score (nSPS) is 11.3. The molecule has 0 unspecified atom stereocenters. The molecule has 0 aliphatic rings. The van der Waals surface area contributed by atoms with E-state index in [4.69, 9.17) is 9.97 Å². The fraction of sp³-hybridized carbons (Fsp3) is 0. The molecule has 3 heteroatoms. The maximum Gasteiger partial charge on any atom is 0.160 e. The average Bonchev–Trinajstić information content (AvgIpc) is 3.54. The van der Waals surface area contributed by atoms with Crippen molar-refractivity contribution in [2.24, 2.45) is 0 Å². The van der Waals surface area contributed by atoms with Crippen molar-refractivity contribution in [1.29, 1.82) is 0 Å². The molecule has 7 aromatic carbocycles. The Labute approximate surface area is 285 Å². The molecule has 0 spiro atoms. The number of aromatic nitrogens is 3. The Morgan fingerprint density at radius 3 is 1.31 bits per heavy atom. The first-order chi connectivity index (χ1) is 24.3. The fourth-order valence-corrected chi connectivity index (χ4v) is 6.98. The Morgan fingerprint density at radius 1 is 0.327 bits per heavy atom. The third kappa shape index (κ3) is 5.18. The van der Waals surface area contributed by atoms with E-state index in [1.54, 1.807) is 0 Å². The van der Waals surface area contributed by atoms with Crippen LogP contribution in [0, 0.1) is 0 Å². The van der Waals surface area contributed by atoms with Gasteiger partial charge < -0.3 is 4.57 Å². The van der Waals surface area contributed by atoms with Gasteiger partial charge in [-0.3, -0.25) is 0 Å². The number of hydrogen-bond acceptors (Lipinski definition) is 2. The third-order valence-corrected chi connectivity index (χ3v) is 9.21. The number of fused-ring (bicyclic) bond motifs is 3. The Kier molecular flexibility index (Phi) is 7.14. The van der Waals surface area contributed by atoms with Gasteiger partial charge >= 0.3 is 0 Å². The van der Waals surface area contributed by atoms with Crippen LogP contribution in [0.15, 0.2) is 188 Å². The number of benzene rings is 7. The minimum Gasteiger partial charge on any atom is -0.309 e. The molecule has 0 N–H and O–H groups in total. The molecule has 2 heterocycles. The molecule has 0 saturated heterocycles. The molecule has 3 nitrogen and oxygen atoms in total. The van der Waals surface area contributed by atoms with Gasteiger partial charge in [0.15, 0.2) is 5.82 Å². The summed E-state index contributed by atoms with van der Waals surface area (Å²) in [6.07, 6.45) is 0. The molecule has 2 aromatic heterocycles. The second kappa shape index (κ2) is 12.2. The van der Waals surface area contributed by atoms with Gasteiger partial charge in [0.25, 0.3) is 0 Å². The highest BCUT2D eigenvalue weighted by Gasteiger charge is 2.20. The second-order valence-electron chi connectivity index (χ2n) is 12.2. The highest BCUT2D eigenvalue weighted by molar-refractivity contribution is 6.20. The van der Waals surface area contributed by atoms with Gasteiger partial charge in [0.1, 0.15) is 0 Å². The van der Waals surface area contributed by atoms with Crippen LogP contribution in [-0.2, 0) is 0 Å². The number of nitrogens with zero attached hydrogens (tertiary/aromatic N) is 3. The summed E-state index contributed by atoms with van der Waals surface area (Å²) in [6.45, 7) is 0. The van der Waals surface area contributed by atoms with Crippen molar-refractivity contribution in [2.45, 2.75) is 0 Å². The van der Waals surface area contributed by atoms with Gasteiger partial charge in [0.05, 0.1) is 22.4 Å². The second-order valence-corrected chi connectivity index (χ2v) is 12.2. The molecular formula is C46H31N3. The van der Waals surface area contributed by atoms with Crippen LogP contribution in [0.3, 0.4) is 0 Å². The molecule has 0 fully saturated rings. The van der Waals surface area contributed by atoms with E-state index >= 15 is 0 Å². The predicted octanol–water partition coefficient (Wildman–Crippen LogP) is 11.9. The highest BCUT2D eigenvalue weighted by Crippen LogP contribution is 2.43.